The number of rotatable bonds is 5. The minimum absolute atomic E-state index is 0. The summed E-state index contributed by atoms with van der Waals surface area (Å²) in [6.45, 7) is 11.4. The highest BCUT2D eigenvalue weighted by Crippen LogP contribution is 2.19. The summed E-state index contributed by atoms with van der Waals surface area (Å²) in [6, 6.07) is 4.12. The fourth-order valence-electron chi connectivity index (χ4n) is 2.81. The molecule has 0 atom stereocenters. The lowest BCUT2D eigenvalue weighted by molar-refractivity contribution is 0.372. The minimum Gasteiger partial charge on any atom is -0.357 e. The van der Waals surface area contributed by atoms with E-state index in [9.17, 15) is 0 Å². The third kappa shape index (κ3) is 6.00. The molecule has 0 radical (unpaired) electrons. The summed E-state index contributed by atoms with van der Waals surface area (Å²) in [7, 11) is 0. The summed E-state index contributed by atoms with van der Waals surface area (Å²) in [6.07, 6.45) is 2.79. The van der Waals surface area contributed by atoms with Gasteiger partial charge in [0, 0.05) is 62.6 Å². The van der Waals surface area contributed by atoms with Gasteiger partial charge in [-0.15, -0.1) is 24.0 Å². The van der Waals surface area contributed by atoms with Crippen molar-refractivity contribution in [2.75, 3.05) is 37.6 Å². The molecule has 9 heteroatoms. The number of aryl methyl sites for hydroxylation is 2. The van der Waals surface area contributed by atoms with Crippen LogP contribution >= 0.6 is 35.5 Å². The number of nitrogens with zero attached hydrogens (tertiary/aromatic N) is 6. The number of hydrogen-bond donors (Lipinski definition) is 1. The van der Waals surface area contributed by atoms with Crippen molar-refractivity contribution in [1.29, 1.82) is 0 Å². The van der Waals surface area contributed by atoms with Gasteiger partial charge in [0.15, 0.2) is 5.96 Å². The van der Waals surface area contributed by atoms with Crippen molar-refractivity contribution in [3.05, 3.63) is 35.4 Å². The monoisotopic (exact) mass is 501 g/mol. The second-order valence-corrected chi connectivity index (χ2v) is 7.03. The summed E-state index contributed by atoms with van der Waals surface area (Å²) in [5.41, 5.74) is 2.16. The van der Waals surface area contributed by atoms with Crippen LogP contribution in [0, 0.1) is 6.92 Å². The van der Waals surface area contributed by atoms with Gasteiger partial charge >= 0.3 is 0 Å². The Bertz CT molecular complexity index is 724. The van der Waals surface area contributed by atoms with Crippen molar-refractivity contribution in [2.45, 2.75) is 33.7 Å². The molecule has 0 bridgehead atoms. The minimum atomic E-state index is 0. The maximum Gasteiger partial charge on any atom is 0.205 e. The lowest BCUT2D eigenvalue weighted by atomic mass is 10.2. The number of pyridine rings is 1. The lowest BCUT2D eigenvalue weighted by Crippen LogP contribution is -2.52. The molecule has 0 amide bonds. The number of aromatic nitrogens is 3. The van der Waals surface area contributed by atoms with E-state index in [4.69, 9.17) is 4.99 Å². The van der Waals surface area contributed by atoms with Crippen LogP contribution in [0.4, 0.5) is 5.13 Å². The zero-order valence-corrected chi connectivity index (χ0v) is 19.3. The largest absolute Gasteiger partial charge is 0.357 e. The number of piperazine rings is 1. The fraction of sp³-hybridized carbons (Fsp3) is 0.556. The standard InChI is InChI=1S/C18H27N7S.HI/c1-4-16-22-18(26-23-16)25-10-8-24(9-11-25)17(19-5-2)21-13-15-7-6-14(3)20-12-15;/h6-7,12H,4-5,8-11,13H2,1-3H3,(H,19,21);1H. The first-order valence-corrected chi connectivity index (χ1v) is 9.99. The highest BCUT2D eigenvalue weighted by atomic mass is 127. The Morgan fingerprint density at radius 2 is 2.00 bits per heavy atom. The van der Waals surface area contributed by atoms with Gasteiger partial charge in [0.1, 0.15) is 5.82 Å². The molecule has 2 aromatic heterocycles. The van der Waals surface area contributed by atoms with E-state index in [-0.39, 0.29) is 24.0 Å². The quantitative estimate of drug-likeness (QED) is 0.386. The zero-order chi connectivity index (χ0) is 18.4. The third-order valence-electron chi connectivity index (χ3n) is 4.34. The Morgan fingerprint density at radius 1 is 1.22 bits per heavy atom. The molecule has 1 fully saturated rings. The van der Waals surface area contributed by atoms with Crippen molar-refractivity contribution >= 4 is 46.6 Å². The second kappa shape index (κ2) is 10.7. The first-order chi connectivity index (χ1) is 12.7. The Balaban J connectivity index is 0.00000261. The zero-order valence-electron chi connectivity index (χ0n) is 16.2. The summed E-state index contributed by atoms with van der Waals surface area (Å²) >= 11 is 1.50. The molecule has 7 nitrogen and oxygen atoms in total. The van der Waals surface area contributed by atoms with Gasteiger partial charge in [-0.25, -0.2) is 9.98 Å². The lowest BCUT2D eigenvalue weighted by Gasteiger charge is -2.36. The molecule has 1 N–H and O–H groups in total. The summed E-state index contributed by atoms with van der Waals surface area (Å²) in [5.74, 6) is 1.91. The average molecular weight is 501 g/mol. The molecule has 2 aromatic rings. The van der Waals surface area contributed by atoms with Crippen LogP contribution in [-0.4, -0.2) is 57.9 Å². The summed E-state index contributed by atoms with van der Waals surface area (Å²) < 4.78 is 4.40. The van der Waals surface area contributed by atoms with Gasteiger partial charge in [0.05, 0.1) is 6.54 Å². The first kappa shape index (κ1) is 21.8. The van der Waals surface area contributed by atoms with Gasteiger partial charge in [0.2, 0.25) is 5.13 Å². The van der Waals surface area contributed by atoms with Crippen LogP contribution < -0.4 is 10.2 Å². The van der Waals surface area contributed by atoms with Crippen LogP contribution in [0.3, 0.4) is 0 Å². The van der Waals surface area contributed by atoms with Gasteiger partial charge in [0.25, 0.3) is 0 Å². The summed E-state index contributed by atoms with van der Waals surface area (Å²) in [4.78, 5) is 18.4. The smallest absolute Gasteiger partial charge is 0.205 e. The van der Waals surface area contributed by atoms with Crippen molar-refractivity contribution < 1.29 is 0 Å². The first-order valence-electron chi connectivity index (χ1n) is 9.22. The van der Waals surface area contributed by atoms with E-state index in [0.717, 1.165) is 67.3 Å². The van der Waals surface area contributed by atoms with Crippen LogP contribution in [-0.2, 0) is 13.0 Å². The number of guanidine groups is 1. The van der Waals surface area contributed by atoms with Crippen molar-refractivity contribution in [3.63, 3.8) is 0 Å². The van der Waals surface area contributed by atoms with Gasteiger partial charge < -0.3 is 15.1 Å². The van der Waals surface area contributed by atoms with Crippen LogP contribution in [0.1, 0.15) is 30.9 Å². The predicted octanol–water partition coefficient (Wildman–Crippen LogP) is 2.71. The van der Waals surface area contributed by atoms with Crippen molar-refractivity contribution in [2.24, 2.45) is 4.99 Å². The second-order valence-electron chi connectivity index (χ2n) is 6.30. The summed E-state index contributed by atoms with van der Waals surface area (Å²) in [5, 5.41) is 4.45. The predicted molar refractivity (Wildman–Crippen MR) is 122 cm³/mol. The molecular formula is C18H28IN7S. The van der Waals surface area contributed by atoms with Gasteiger partial charge in [-0.05, 0) is 25.5 Å². The molecule has 3 rings (SSSR count). The number of aliphatic imine (C=N–C) groups is 1. The van der Waals surface area contributed by atoms with E-state index >= 15 is 0 Å². The highest BCUT2D eigenvalue weighted by Gasteiger charge is 2.22. The molecule has 0 spiro atoms. The maximum absolute atomic E-state index is 4.80. The van der Waals surface area contributed by atoms with Crippen LogP contribution in [0.5, 0.6) is 0 Å². The van der Waals surface area contributed by atoms with E-state index in [1.165, 1.54) is 11.5 Å². The van der Waals surface area contributed by atoms with Crippen molar-refractivity contribution in [1.82, 2.24) is 24.6 Å². The van der Waals surface area contributed by atoms with Gasteiger partial charge in [-0.2, -0.15) is 4.37 Å². The van der Waals surface area contributed by atoms with E-state index in [1.54, 1.807) is 0 Å². The number of hydrogen-bond acceptors (Lipinski definition) is 6. The van der Waals surface area contributed by atoms with E-state index in [0.29, 0.717) is 6.54 Å². The number of anilines is 1. The Morgan fingerprint density at radius 3 is 2.59 bits per heavy atom. The number of halogens is 1. The Hall–Kier alpha value is -1.49. The van der Waals surface area contributed by atoms with E-state index in [2.05, 4.69) is 49.4 Å². The maximum atomic E-state index is 4.80. The fourth-order valence-corrected chi connectivity index (χ4v) is 3.61. The topological polar surface area (TPSA) is 69.5 Å². The molecule has 3 heterocycles. The highest BCUT2D eigenvalue weighted by molar-refractivity contribution is 14.0. The molecule has 148 valence electrons. The molecule has 27 heavy (non-hydrogen) atoms. The molecule has 1 saturated heterocycles. The molecule has 0 aromatic carbocycles. The molecule has 0 unspecified atom stereocenters. The molecule has 1 aliphatic rings. The molecular weight excluding hydrogens is 473 g/mol. The molecule has 0 saturated carbocycles. The van der Waals surface area contributed by atoms with Crippen LogP contribution in [0.2, 0.25) is 0 Å². The average Bonchev–Trinajstić information content (AvgIpc) is 3.16. The van der Waals surface area contributed by atoms with E-state index in [1.807, 2.05) is 19.2 Å². The Kier molecular flexibility index (Phi) is 8.68. The van der Waals surface area contributed by atoms with Crippen molar-refractivity contribution in [3.8, 4) is 0 Å². The normalized spacial score (nSPS) is 14.9. The van der Waals surface area contributed by atoms with Crippen LogP contribution in [0.15, 0.2) is 23.3 Å². The SMILES string of the molecule is CCNC(=NCc1ccc(C)nc1)N1CCN(c2nc(CC)ns2)CC1.I. The Labute approximate surface area is 182 Å². The van der Waals surface area contributed by atoms with E-state index < -0.39 is 0 Å². The van der Waals surface area contributed by atoms with Gasteiger partial charge in [-0.3, -0.25) is 4.98 Å². The molecule has 0 aliphatic carbocycles. The number of nitrogens with one attached hydrogen (secondary N) is 1. The van der Waals surface area contributed by atoms with Crippen LogP contribution in [0.25, 0.3) is 0 Å². The third-order valence-corrected chi connectivity index (χ3v) is 5.16. The molecule has 1 aliphatic heterocycles. The van der Waals surface area contributed by atoms with Gasteiger partial charge in [-0.1, -0.05) is 13.0 Å².